The van der Waals surface area contributed by atoms with Crippen molar-refractivity contribution in [3.8, 4) is 0 Å². The van der Waals surface area contributed by atoms with Gasteiger partial charge in [-0.3, -0.25) is 9.59 Å². The Morgan fingerprint density at radius 1 is 1.35 bits per heavy atom. The monoisotopic (exact) mass is 274 g/mol. The Morgan fingerprint density at radius 2 is 1.90 bits per heavy atom. The van der Waals surface area contributed by atoms with Crippen LogP contribution in [0.2, 0.25) is 0 Å². The molecule has 4 heteroatoms. The summed E-state index contributed by atoms with van der Waals surface area (Å²) in [5.74, 6) is -2.60. The molecule has 0 aliphatic rings. The summed E-state index contributed by atoms with van der Waals surface area (Å²) >= 11 is 0. The van der Waals surface area contributed by atoms with Gasteiger partial charge in [-0.1, -0.05) is 37.3 Å². The molecule has 107 valence electrons. The van der Waals surface area contributed by atoms with Crippen molar-refractivity contribution in [3.05, 3.63) is 42.8 Å². The second-order valence-corrected chi connectivity index (χ2v) is 5.18. The molecule has 0 amide bonds. The Morgan fingerprint density at radius 3 is 2.30 bits per heavy atom. The quantitative estimate of drug-likeness (QED) is 0.601. The molecule has 0 fully saturated rings. The highest BCUT2D eigenvalue weighted by atomic mass is 16.2. The lowest BCUT2D eigenvalue weighted by molar-refractivity contribution is -0.140. The minimum atomic E-state index is -1.45. The first-order chi connectivity index (χ1) is 9.32. The number of carbonyl (C=O) groups is 3. The van der Waals surface area contributed by atoms with Gasteiger partial charge in [-0.15, -0.1) is 0 Å². The zero-order valence-electron chi connectivity index (χ0n) is 11.8. The van der Waals surface area contributed by atoms with Crippen molar-refractivity contribution < 1.29 is 14.4 Å². The van der Waals surface area contributed by atoms with Crippen LogP contribution in [0.3, 0.4) is 0 Å². The molecular weight excluding hydrogens is 254 g/mol. The number of benzene rings is 1. The maximum absolute atomic E-state index is 12.1. The fourth-order valence-electron chi connectivity index (χ4n) is 2.13. The van der Waals surface area contributed by atoms with Crippen LogP contribution in [0.1, 0.15) is 19.4 Å². The van der Waals surface area contributed by atoms with Gasteiger partial charge in [-0.05, 0) is 24.8 Å². The Labute approximate surface area is 119 Å². The molecule has 0 aliphatic carbocycles. The molecule has 3 atom stereocenters. The van der Waals surface area contributed by atoms with Crippen molar-refractivity contribution in [2.24, 2.45) is 17.6 Å². The molecule has 0 aromatic heterocycles. The number of hydrogen-bond donors (Lipinski definition) is 1. The molecule has 0 saturated carbocycles. The van der Waals surface area contributed by atoms with Crippen LogP contribution in [-0.4, -0.2) is 23.4 Å². The Hall–Kier alpha value is -1.81. The lowest BCUT2D eigenvalue weighted by atomic mass is 9.72. The average molecular weight is 274 g/mol. The molecule has 20 heavy (non-hydrogen) atoms. The summed E-state index contributed by atoms with van der Waals surface area (Å²) in [6.07, 6.45) is 0.785. The van der Waals surface area contributed by atoms with Gasteiger partial charge in [0.25, 0.3) is 0 Å². The first kappa shape index (κ1) is 16.2. The molecule has 1 aromatic carbocycles. The van der Waals surface area contributed by atoms with Gasteiger partial charge in [0.15, 0.2) is 5.78 Å². The van der Waals surface area contributed by atoms with E-state index in [9.17, 15) is 14.4 Å². The number of nitrogens with two attached hydrogens (primary N) is 1. The topological polar surface area (TPSA) is 77.2 Å². The smallest absolute Gasteiger partial charge is 0.203 e. The van der Waals surface area contributed by atoms with Crippen LogP contribution in [0.15, 0.2) is 30.3 Å². The van der Waals surface area contributed by atoms with E-state index in [0.717, 1.165) is 5.56 Å². The minimum Gasteiger partial charge on any atom is -0.318 e. The molecule has 1 radical (unpaired) electrons. The van der Waals surface area contributed by atoms with Crippen LogP contribution in [0, 0.1) is 18.8 Å². The van der Waals surface area contributed by atoms with Crippen molar-refractivity contribution in [1.82, 2.24) is 0 Å². The minimum absolute atomic E-state index is 0.244. The molecule has 1 rings (SSSR count). The lowest BCUT2D eigenvalue weighted by Gasteiger charge is -2.34. The first-order valence-corrected chi connectivity index (χ1v) is 6.50. The standard InChI is InChI=1S/C16H20NO3/c1-11(2)16(17,10-18)14(15(20)12(3)19)9-13-7-5-4-6-8-13/h4-8,10-11,14H,1,9,17H2,2-3H3. The molecule has 0 aliphatic heterocycles. The third kappa shape index (κ3) is 3.39. The van der Waals surface area contributed by atoms with Gasteiger partial charge in [0.2, 0.25) is 5.78 Å². The first-order valence-electron chi connectivity index (χ1n) is 6.50. The SMILES string of the molecule is [CH2]C(C)C(N)(C=O)C(Cc1ccccc1)C(=O)C(C)=O. The zero-order chi connectivity index (χ0) is 15.3. The van der Waals surface area contributed by atoms with Crippen molar-refractivity contribution >= 4 is 17.9 Å². The van der Waals surface area contributed by atoms with E-state index in [-0.39, 0.29) is 6.42 Å². The third-order valence-corrected chi connectivity index (χ3v) is 3.61. The van der Waals surface area contributed by atoms with Crippen molar-refractivity contribution in [2.75, 3.05) is 0 Å². The van der Waals surface area contributed by atoms with Gasteiger partial charge in [-0.25, -0.2) is 0 Å². The largest absolute Gasteiger partial charge is 0.318 e. The lowest BCUT2D eigenvalue weighted by Crippen LogP contribution is -2.57. The number of Topliss-reactive ketones (excluding diaryl/α,β-unsaturated/α-hetero) is 2. The summed E-state index contributed by atoms with van der Waals surface area (Å²) < 4.78 is 0. The molecular formula is C16H20NO3. The highest BCUT2D eigenvalue weighted by Gasteiger charge is 2.43. The zero-order valence-corrected chi connectivity index (χ0v) is 11.8. The summed E-state index contributed by atoms with van der Waals surface area (Å²) in [7, 11) is 0. The molecule has 0 spiro atoms. The summed E-state index contributed by atoms with van der Waals surface area (Å²) in [6, 6.07) is 9.18. The van der Waals surface area contributed by atoms with Crippen LogP contribution in [0.4, 0.5) is 0 Å². The normalized spacial score (nSPS) is 15.4. The van der Waals surface area contributed by atoms with Gasteiger partial charge in [-0.2, -0.15) is 0 Å². The van der Waals surface area contributed by atoms with Gasteiger partial charge in [0.05, 0.1) is 11.5 Å². The number of aldehydes is 1. The van der Waals surface area contributed by atoms with Gasteiger partial charge >= 0.3 is 0 Å². The molecule has 0 heterocycles. The van der Waals surface area contributed by atoms with E-state index in [1.165, 1.54) is 6.92 Å². The molecule has 4 nitrogen and oxygen atoms in total. The van der Waals surface area contributed by atoms with Crippen LogP contribution < -0.4 is 5.73 Å². The summed E-state index contributed by atoms with van der Waals surface area (Å²) in [5, 5.41) is 0. The highest BCUT2D eigenvalue weighted by Crippen LogP contribution is 2.26. The predicted molar refractivity (Wildman–Crippen MR) is 76.8 cm³/mol. The number of carbonyl (C=O) groups excluding carboxylic acids is 3. The van der Waals surface area contributed by atoms with Crippen molar-refractivity contribution in [2.45, 2.75) is 25.8 Å². The molecule has 2 N–H and O–H groups in total. The Kier molecular flexibility index (Phi) is 5.34. The predicted octanol–water partition coefficient (Wildman–Crippen LogP) is 1.37. The van der Waals surface area contributed by atoms with Gasteiger partial charge in [0.1, 0.15) is 6.29 Å². The number of ketones is 2. The highest BCUT2D eigenvalue weighted by molar-refractivity contribution is 6.37. The van der Waals surface area contributed by atoms with Crippen LogP contribution in [0.25, 0.3) is 0 Å². The molecule has 0 bridgehead atoms. The van der Waals surface area contributed by atoms with Crippen molar-refractivity contribution in [1.29, 1.82) is 0 Å². The Balaban J connectivity index is 3.18. The van der Waals surface area contributed by atoms with Gasteiger partial charge in [0, 0.05) is 6.92 Å². The van der Waals surface area contributed by atoms with Crippen LogP contribution >= 0.6 is 0 Å². The van der Waals surface area contributed by atoms with Gasteiger partial charge < -0.3 is 10.5 Å². The van der Waals surface area contributed by atoms with E-state index >= 15 is 0 Å². The van der Waals surface area contributed by atoms with Crippen molar-refractivity contribution in [3.63, 3.8) is 0 Å². The van der Waals surface area contributed by atoms with E-state index in [0.29, 0.717) is 6.29 Å². The second kappa shape index (κ2) is 6.57. The van der Waals surface area contributed by atoms with E-state index in [1.807, 2.05) is 30.3 Å². The summed E-state index contributed by atoms with van der Waals surface area (Å²) in [5.41, 5.74) is 5.47. The van der Waals surface area contributed by atoms with E-state index in [4.69, 9.17) is 5.73 Å². The third-order valence-electron chi connectivity index (χ3n) is 3.61. The summed E-state index contributed by atoms with van der Waals surface area (Å²) in [6.45, 7) is 6.63. The fraction of sp³-hybridized carbons (Fsp3) is 0.375. The maximum Gasteiger partial charge on any atom is 0.203 e. The Bertz CT molecular complexity index is 496. The molecule has 1 aromatic rings. The average Bonchev–Trinajstić information content (AvgIpc) is 2.44. The fourth-order valence-corrected chi connectivity index (χ4v) is 2.13. The second-order valence-electron chi connectivity index (χ2n) is 5.18. The van der Waals surface area contributed by atoms with E-state index in [1.54, 1.807) is 6.92 Å². The molecule has 0 saturated heterocycles. The van der Waals surface area contributed by atoms with E-state index < -0.39 is 28.9 Å². The van der Waals surface area contributed by atoms with E-state index in [2.05, 4.69) is 6.92 Å². The summed E-state index contributed by atoms with van der Waals surface area (Å²) in [4.78, 5) is 35.0. The van der Waals surface area contributed by atoms with Crippen LogP contribution in [0.5, 0.6) is 0 Å². The molecule has 3 unspecified atom stereocenters. The number of hydrogen-bond acceptors (Lipinski definition) is 4. The number of rotatable bonds is 7. The van der Waals surface area contributed by atoms with Crippen LogP contribution in [-0.2, 0) is 20.8 Å². The maximum atomic E-state index is 12.1.